The largest absolute Gasteiger partial charge is 0.457 e. The van der Waals surface area contributed by atoms with Crippen molar-refractivity contribution in [3.8, 4) is 0 Å². The molecule has 0 heterocycles. The molecule has 19 heavy (non-hydrogen) atoms. The van der Waals surface area contributed by atoms with Gasteiger partial charge in [0.15, 0.2) is 0 Å². The molecule has 0 amide bonds. The van der Waals surface area contributed by atoms with E-state index in [-0.39, 0.29) is 0 Å². The fourth-order valence-corrected chi connectivity index (χ4v) is 0.922. The highest BCUT2D eigenvalue weighted by Crippen LogP contribution is 2.60. The van der Waals surface area contributed by atoms with Crippen LogP contribution in [0.1, 0.15) is 0 Å². The quantitative estimate of drug-likeness (QED) is 0.678. The summed E-state index contributed by atoms with van der Waals surface area (Å²) in [6.07, 6.45) is -20.8. The van der Waals surface area contributed by atoms with E-state index in [2.05, 4.69) is 0 Å². The van der Waals surface area contributed by atoms with E-state index in [1.165, 1.54) is 0 Å². The number of halogens is 13. The molecule has 0 saturated carbocycles. The molecule has 0 radical (unpaired) electrons. The Hall–Kier alpha value is -0.910. The van der Waals surface area contributed by atoms with E-state index in [1.807, 2.05) is 0 Å². The summed E-state index contributed by atoms with van der Waals surface area (Å²) >= 11 is 0. The Morgan fingerprint density at radius 3 is 1.00 bits per heavy atom. The first-order chi connectivity index (χ1) is 7.94. The zero-order chi connectivity index (χ0) is 16.1. The van der Waals surface area contributed by atoms with Crippen LogP contribution >= 0.6 is 0 Å². The van der Waals surface area contributed by atoms with Crippen LogP contribution in [0.3, 0.4) is 0 Å². The van der Waals surface area contributed by atoms with Crippen molar-refractivity contribution in [2.45, 2.75) is 36.3 Å². The van der Waals surface area contributed by atoms with Crippen molar-refractivity contribution in [1.82, 2.24) is 0 Å². The van der Waals surface area contributed by atoms with Crippen LogP contribution in [0.25, 0.3) is 0 Å². The first-order valence-electron chi connectivity index (χ1n) is 3.80. The predicted octanol–water partition coefficient (Wildman–Crippen LogP) is 4.36. The molecule has 0 aliphatic heterocycles. The second kappa shape index (κ2) is 4.30. The summed E-state index contributed by atoms with van der Waals surface area (Å²) < 4.78 is 155. The van der Waals surface area contributed by atoms with Crippen molar-refractivity contribution in [3.63, 3.8) is 0 Å². The van der Waals surface area contributed by atoms with Crippen molar-refractivity contribution >= 4 is 0 Å². The molecule has 0 nitrogen and oxygen atoms in total. The molecule has 1 unspecified atom stereocenters. The first kappa shape index (κ1) is 18.1. The maximum absolute atomic E-state index is 12.8. The van der Waals surface area contributed by atoms with Gasteiger partial charge in [-0.2, -0.15) is 43.9 Å². The Morgan fingerprint density at radius 1 is 0.526 bits per heavy atom. The van der Waals surface area contributed by atoms with Gasteiger partial charge in [-0.05, 0) is 0 Å². The lowest BCUT2D eigenvalue weighted by Crippen LogP contribution is -2.72. The minimum atomic E-state index is -7.81. The molecular weight excluding hydrogens is 319 g/mol. The van der Waals surface area contributed by atoms with Gasteiger partial charge < -0.3 is 0 Å². The van der Waals surface area contributed by atoms with Crippen LogP contribution < -0.4 is 0 Å². The van der Waals surface area contributed by atoms with Crippen LogP contribution in [0.15, 0.2) is 0 Å². The highest BCUT2D eigenvalue weighted by molar-refractivity contribution is 5.12. The average Bonchev–Trinajstić information content (AvgIpc) is 2.11. The van der Waals surface area contributed by atoms with Gasteiger partial charge in [-0.15, -0.1) is 0 Å². The Bertz CT molecular complexity index is 321. The van der Waals surface area contributed by atoms with Crippen LogP contribution in [-0.4, -0.2) is 36.3 Å². The minimum Gasteiger partial charge on any atom is -0.219 e. The van der Waals surface area contributed by atoms with E-state index in [4.69, 9.17) is 0 Å². The molecule has 1 atom stereocenters. The predicted molar refractivity (Wildman–Crippen MR) is 31.8 cm³/mol. The number of hydrogen-bond acceptors (Lipinski definition) is 0. The normalized spacial score (nSPS) is 18.6. The molecule has 0 aromatic rings. The van der Waals surface area contributed by atoms with Gasteiger partial charge in [-0.1, -0.05) is 0 Å². The Labute approximate surface area is 94.7 Å². The van der Waals surface area contributed by atoms with Gasteiger partial charge in [-0.25, -0.2) is 13.2 Å². The van der Waals surface area contributed by atoms with Crippen LogP contribution in [-0.2, 0) is 0 Å². The number of hydrogen-bond donors (Lipinski definition) is 0. The van der Waals surface area contributed by atoms with Crippen molar-refractivity contribution < 1.29 is 57.1 Å². The third-order valence-electron chi connectivity index (χ3n) is 1.91. The summed E-state index contributed by atoms with van der Waals surface area (Å²) in [5.41, 5.74) is -7.81. The van der Waals surface area contributed by atoms with Gasteiger partial charge in [0.25, 0.3) is 0 Å². The van der Waals surface area contributed by atoms with Crippen molar-refractivity contribution in [2.24, 2.45) is 0 Å². The topological polar surface area (TPSA) is 0 Å². The molecule has 0 saturated heterocycles. The second-order valence-electron chi connectivity index (χ2n) is 3.15. The van der Waals surface area contributed by atoms with E-state index in [9.17, 15) is 57.1 Å². The molecule has 0 rings (SSSR count). The van der Waals surface area contributed by atoms with Crippen LogP contribution in [0.5, 0.6) is 0 Å². The molecule has 0 fully saturated rings. The minimum absolute atomic E-state index is 5.74. The molecule has 0 bridgehead atoms. The first-order valence-corrected chi connectivity index (χ1v) is 3.80. The van der Waals surface area contributed by atoms with Crippen molar-refractivity contribution in [3.05, 3.63) is 0 Å². The fourth-order valence-electron chi connectivity index (χ4n) is 0.922. The van der Waals surface area contributed by atoms with E-state index < -0.39 is 36.3 Å². The van der Waals surface area contributed by atoms with Gasteiger partial charge in [-0.3, -0.25) is 0 Å². The second-order valence-corrected chi connectivity index (χ2v) is 3.15. The molecule has 0 N–H and O–H groups in total. The zero-order valence-corrected chi connectivity index (χ0v) is 7.99. The lowest BCUT2D eigenvalue weighted by Gasteiger charge is -2.39. The van der Waals surface area contributed by atoms with Crippen LogP contribution in [0.2, 0.25) is 0 Å². The summed E-state index contributed by atoms with van der Waals surface area (Å²) in [7, 11) is 0. The maximum atomic E-state index is 12.8. The summed E-state index contributed by atoms with van der Waals surface area (Å²) in [4.78, 5) is 0. The summed E-state index contributed by atoms with van der Waals surface area (Å²) in [5.74, 6) is -15.1. The van der Waals surface area contributed by atoms with Gasteiger partial charge >= 0.3 is 36.3 Å². The summed E-state index contributed by atoms with van der Waals surface area (Å²) in [6.45, 7) is 0. The molecule has 0 aliphatic rings. The molecule has 0 aromatic carbocycles. The smallest absolute Gasteiger partial charge is 0.219 e. The van der Waals surface area contributed by atoms with Gasteiger partial charge in [0, 0.05) is 0 Å². The van der Waals surface area contributed by atoms with Gasteiger partial charge in [0.2, 0.25) is 0 Å². The zero-order valence-electron chi connectivity index (χ0n) is 7.99. The lowest BCUT2D eigenvalue weighted by atomic mass is 9.88. The SMILES string of the molecule is FC(F)C(F)(F)C(F)(C(F)(F)F)C(F)(F)C(F)(F)F. The van der Waals surface area contributed by atoms with Crippen LogP contribution in [0, 0.1) is 0 Å². The standard InChI is InChI=1S/C6HF13/c7-1(8)2(9,10)3(11,5(14,15)16)4(12,13)6(17,18)19/h1H. The van der Waals surface area contributed by atoms with Gasteiger partial charge in [0.1, 0.15) is 0 Å². The van der Waals surface area contributed by atoms with E-state index in [1.54, 1.807) is 0 Å². The Morgan fingerprint density at radius 2 is 0.842 bits per heavy atom. The molecule has 0 spiro atoms. The van der Waals surface area contributed by atoms with Crippen molar-refractivity contribution in [1.29, 1.82) is 0 Å². The maximum Gasteiger partial charge on any atom is 0.457 e. The Kier molecular flexibility index (Phi) is 4.09. The number of alkyl halides is 13. The third-order valence-corrected chi connectivity index (χ3v) is 1.91. The summed E-state index contributed by atoms with van der Waals surface area (Å²) in [6, 6.07) is 0. The third kappa shape index (κ3) is 2.30. The van der Waals surface area contributed by atoms with Gasteiger partial charge in [0.05, 0.1) is 0 Å². The van der Waals surface area contributed by atoms with E-state index >= 15 is 0 Å². The highest BCUT2D eigenvalue weighted by Gasteiger charge is 2.91. The average molecular weight is 320 g/mol. The van der Waals surface area contributed by atoms with Crippen molar-refractivity contribution in [2.75, 3.05) is 0 Å². The van der Waals surface area contributed by atoms with Crippen LogP contribution in [0.4, 0.5) is 57.1 Å². The number of rotatable bonds is 3. The molecule has 13 heteroatoms. The highest BCUT2D eigenvalue weighted by atomic mass is 19.4. The fraction of sp³-hybridized carbons (Fsp3) is 1.00. The molecule has 116 valence electrons. The summed E-state index contributed by atoms with van der Waals surface area (Å²) in [5, 5.41) is 0. The molecule has 0 aromatic heterocycles. The monoisotopic (exact) mass is 320 g/mol. The molecule has 0 aliphatic carbocycles. The van der Waals surface area contributed by atoms with E-state index in [0.717, 1.165) is 0 Å². The van der Waals surface area contributed by atoms with E-state index in [0.29, 0.717) is 0 Å². The lowest BCUT2D eigenvalue weighted by molar-refractivity contribution is -0.434. The molecular formula is C6HF13. The Balaban J connectivity index is 6.30.